The summed E-state index contributed by atoms with van der Waals surface area (Å²) in [5.41, 5.74) is 4.50. The van der Waals surface area contributed by atoms with Crippen LogP contribution in [0, 0.1) is 0 Å². The van der Waals surface area contributed by atoms with Gasteiger partial charge in [0, 0.05) is 24.9 Å². The summed E-state index contributed by atoms with van der Waals surface area (Å²) in [6.07, 6.45) is 0.201. The minimum absolute atomic E-state index is 0.0510. The Bertz CT molecular complexity index is 1110. The van der Waals surface area contributed by atoms with Crippen LogP contribution in [0.3, 0.4) is 0 Å². The summed E-state index contributed by atoms with van der Waals surface area (Å²) in [5, 5.41) is 2.74. The zero-order valence-electron chi connectivity index (χ0n) is 29.1. The van der Waals surface area contributed by atoms with E-state index in [9.17, 15) is 24.0 Å². The first-order valence-electron chi connectivity index (χ1n) is 15.9. The second kappa shape index (κ2) is 18.5. The van der Waals surface area contributed by atoms with Crippen molar-refractivity contribution in [2.45, 2.75) is 143 Å². The number of unbranched alkanes of at least 4 members (excludes halogenated alkanes) is 3. The molecule has 2 unspecified atom stereocenters. The lowest BCUT2D eigenvalue weighted by molar-refractivity contribution is -0.155. The van der Waals surface area contributed by atoms with Crippen molar-refractivity contribution in [3.63, 3.8) is 0 Å². The van der Waals surface area contributed by atoms with Crippen LogP contribution in [0.15, 0.2) is 30.3 Å². The van der Waals surface area contributed by atoms with E-state index in [1.165, 1.54) is 0 Å². The first kappa shape index (κ1) is 40.4. The van der Waals surface area contributed by atoms with Gasteiger partial charge in [0.05, 0.1) is 0 Å². The van der Waals surface area contributed by atoms with E-state index < -0.39 is 47.2 Å². The second-order valence-electron chi connectivity index (χ2n) is 14.1. The summed E-state index contributed by atoms with van der Waals surface area (Å²) in [6.45, 7) is 15.7. The number of benzene rings is 1. The van der Waals surface area contributed by atoms with Gasteiger partial charge in [-0.3, -0.25) is 15.3 Å². The molecule has 3 amide bonds. The van der Waals surface area contributed by atoms with Gasteiger partial charge in [0.25, 0.3) is 0 Å². The maximum atomic E-state index is 13.1. The quantitative estimate of drug-likeness (QED) is 0.0953. The molecule has 0 radical (unpaired) electrons. The molecular formula is C34H55N3O9. The summed E-state index contributed by atoms with van der Waals surface area (Å²) in [4.78, 5) is 64.3. The number of rotatable bonds is 15. The van der Waals surface area contributed by atoms with Gasteiger partial charge in [0.15, 0.2) is 6.23 Å². The molecule has 12 nitrogen and oxygen atoms in total. The predicted octanol–water partition coefficient (Wildman–Crippen LogP) is 6.31. The van der Waals surface area contributed by atoms with Crippen LogP contribution in [-0.2, 0) is 33.3 Å². The first-order valence-corrected chi connectivity index (χ1v) is 15.9. The molecule has 0 spiro atoms. The molecule has 2 atom stereocenters. The van der Waals surface area contributed by atoms with Crippen molar-refractivity contribution < 1.29 is 42.9 Å². The van der Waals surface area contributed by atoms with Gasteiger partial charge < -0.3 is 24.3 Å². The molecule has 0 saturated carbocycles. The molecule has 0 aromatic heterocycles. The van der Waals surface area contributed by atoms with E-state index in [-0.39, 0.29) is 37.7 Å². The molecule has 1 rings (SSSR count). The second-order valence-corrected chi connectivity index (χ2v) is 14.1. The lowest BCUT2D eigenvalue weighted by atomic mass is 10.1. The summed E-state index contributed by atoms with van der Waals surface area (Å²) in [5.74, 6) is -1.37. The third-order valence-corrected chi connectivity index (χ3v) is 6.05. The highest BCUT2D eigenvalue weighted by molar-refractivity contribution is 5.88. The van der Waals surface area contributed by atoms with Gasteiger partial charge in [-0.05, 0) is 88.0 Å². The Labute approximate surface area is 274 Å². The summed E-state index contributed by atoms with van der Waals surface area (Å²) in [7, 11) is 0. The highest BCUT2D eigenvalue weighted by atomic mass is 16.6. The normalized spacial score (nSPS) is 13.2. The number of nitrogens with zero attached hydrogens (tertiary/aromatic N) is 1. The number of hydrogen-bond donors (Lipinski definition) is 2. The van der Waals surface area contributed by atoms with Crippen molar-refractivity contribution in [3.05, 3.63) is 35.9 Å². The molecule has 1 aromatic rings. The molecule has 12 heteroatoms. The highest BCUT2D eigenvalue weighted by Gasteiger charge is 2.31. The van der Waals surface area contributed by atoms with Crippen LogP contribution in [0.5, 0.6) is 0 Å². The number of ether oxygens (including phenoxy) is 4. The number of esters is 2. The number of imide groups is 1. The van der Waals surface area contributed by atoms with Crippen LogP contribution in [0.4, 0.5) is 9.59 Å². The number of carbonyl (C=O) groups is 5. The topological polar surface area (TPSA) is 164 Å². The van der Waals surface area contributed by atoms with Gasteiger partial charge in [0.1, 0.15) is 22.8 Å². The van der Waals surface area contributed by atoms with Crippen LogP contribution >= 0.6 is 0 Å². The Morgan fingerprint density at radius 1 is 0.717 bits per heavy atom. The Morgan fingerprint density at radius 2 is 1.24 bits per heavy atom. The minimum Gasteiger partial charge on any atom is -0.460 e. The molecule has 0 saturated heterocycles. The maximum absolute atomic E-state index is 13.1. The van der Waals surface area contributed by atoms with E-state index in [1.807, 2.05) is 6.07 Å². The van der Waals surface area contributed by atoms with Crippen molar-refractivity contribution in [2.75, 3.05) is 6.54 Å². The average Bonchev–Trinajstić information content (AvgIpc) is 2.89. The molecule has 0 aliphatic rings. The van der Waals surface area contributed by atoms with Crippen LogP contribution in [0.1, 0.15) is 125 Å². The van der Waals surface area contributed by atoms with Crippen molar-refractivity contribution >= 4 is 30.0 Å². The molecule has 0 bridgehead atoms. The fourth-order valence-electron chi connectivity index (χ4n) is 4.07. The SMILES string of the molecule is CC(C)(C)OC(=O)CCCCC(NC(=O)CCCCCN(C(=O)OC(C)(C)C)C(=O)OC(C)(C)C)C(=O)OC(N)c1ccccc1. The third kappa shape index (κ3) is 18.3. The lowest BCUT2D eigenvalue weighted by Crippen LogP contribution is -2.44. The van der Waals surface area contributed by atoms with E-state index in [2.05, 4.69) is 5.32 Å². The zero-order chi connectivity index (χ0) is 35.1. The Hall–Kier alpha value is -3.67. The molecule has 0 heterocycles. The molecule has 1 aromatic carbocycles. The molecule has 3 N–H and O–H groups in total. The number of carbonyl (C=O) groups excluding carboxylic acids is 5. The Kier molecular flexibility index (Phi) is 16.2. The number of amides is 3. The van der Waals surface area contributed by atoms with Crippen molar-refractivity contribution in [2.24, 2.45) is 5.73 Å². The van der Waals surface area contributed by atoms with Gasteiger partial charge in [-0.1, -0.05) is 43.2 Å². The van der Waals surface area contributed by atoms with E-state index >= 15 is 0 Å². The maximum Gasteiger partial charge on any atom is 0.419 e. The fraction of sp³-hybridized carbons (Fsp3) is 0.676. The molecule has 0 fully saturated rings. The minimum atomic E-state index is -1.01. The standard InChI is InChI=1S/C34H55N3O9/c1-32(2,3)44-27(39)22-16-15-20-25(29(40)43-28(35)24-18-12-10-13-19-24)36-26(38)21-14-11-17-23-37(30(41)45-33(4,5)6)31(42)46-34(7,8)9/h10,12-13,18-19,25,28H,11,14-17,20-23,35H2,1-9H3,(H,36,38). The van der Waals surface area contributed by atoms with Gasteiger partial charge in [-0.15, -0.1) is 0 Å². The summed E-state index contributed by atoms with van der Waals surface area (Å²) >= 11 is 0. The number of nitrogens with one attached hydrogen (secondary N) is 1. The first-order chi connectivity index (χ1) is 21.2. The molecule has 46 heavy (non-hydrogen) atoms. The lowest BCUT2D eigenvalue weighted by Gasteiger charge is -2.28. The fourth-order valence-corrected chi connectivity index (χ4v) is 4.07. The Morgan fingerprint density at radius 3 is 1.76 bits per heavy atom. The average molecular weight is 650 g/mol. The van der Waals surface area contributed by atoms with E-state index in [4.69, 9.17) is 24.7 Å². The monoisotopic (exact) mass is 649 g/mol. The molecule has 0 aliphatic carbocycles. The molecule has 260 valence electrons. The van der Waals surface area contributed by atoms with Crippen LogP contribution in [0.2, 0.25) is 0 Å². The van der Waals surface area contributed by atoms with Gasteiger partial charge >= 0.3 is 24.1 Å². The highest BCUT2D eigenvalue weighted by Crippen LogP contribution is 2.17. The smallest absolute Gasteiger partial charge is 0.419 e. The molecule has 0 aliphatic heterocycles. The van der Waals surface area contributed by atoms with E-state index in [0.717, 1.165) is 4.90 Å². The molecular weight excluding hydrogens is 594 g/mol. The van der Waals surface area contributed by atoms with Crippen molar-refractivity contribution in [3.8, 4) is 0 Å². The van der Waals surface area contributed by atoms with E-state index in [1.54, 1.807) is 86.6 Å². The van der Waals surface area contributed by atoms with Crippen LogP contribution in [0.25, 0.3) is 0 Å². The van der Waals surface area contributed by atoms with Gasteiger partial charge in [-0.2, -0.15) is 0 Å². The predicted molar refractivity (Wildman–Crippen MR) is 173 cm³/mol. The van der Waals surface area contributed by atoms with Gasteiger partial charge in [0.2, 0.25) is 5.91 Å². The number of hydrogen-bond acceptors (Lipinski definition) is 10. The number of nitrogens with two attached hydrogens (primary N) is 1. The Balaban J connectivity index is 2.74. The van der Waals surface area contributed by atoms with E-state index in [0.29, 0.717) is 37.7 Å². The van der Waals surface area contributed by atoms with Crippen molar-refractivity contribution in [1.82, 2.24) is 10.2 Å². The van der Waals surface area contributed by atoms with Crippen LogP contribution < -0.4 is 11.1 Å². The van der Waals surface area contributed by atoms with Crippen molar-refractivity contribution in [1.29, 1.82) is 0 Å². The van der Waals surface area contributed by atoms with Gasteiger partial charge in [-0.25, -0.2) is 19.3 Å². The summed E-state index contributed by atoms with van der Waals surface area (Å²) in [6, 6.07) is 7.88. The summed E-state index contributed by atoms with van der Waals surface area (Å²) < 4.78 is 21.5. The third-order valence-electron chi connectivity index (χ3n) is 6.05. The zero-order valence-corrected chi connectivity index (χ0v) is 29.1. The largest absolute Gasteiger partial charge is 0.460 e. The van der Waals surface area contributed by atoms with Crippen LogP contribution in [-0.4, -0.2) is 64.3 Å².